The van der Waals surface area contributed by atoms with E-state index in [2.05, 4.69) is 15.4 Å². The number of amides is 2. The van der Waals surface area contributed by atoms with Gasteiger partial charge in [-0.25, -0.2) is 4.79 Å². The Balaban J connectivity index is 1.54. The van der Waals surface area contributed by atoms with Crippen LogP contribution in [-0.2, 0) is 20.1 Å². The molecule has 3 heterocycles. The monoisotopic (exact) mass is 334 g/mol. The lowest BCUT2D eigenvalue weighted by Gasteiger charge is -2.17. The SMILES string of the molecule is Cn1cc(-c2ccc(N)c(NC(=O)N3Cc4ccncc4C3)c2)cn1. The van der Waals surface area contributed by atoms with Gasteiger partial charge in [-0.2, -0.15) is 5.10 Å². The van der Waals surface area contributed by atoms with Crippen LogP contribution >= 0.6 is 0 Å². The highest BCUT2D eigenvalue weighted by Crippen LogP contribution is 2.28. The Hall–Kier alpha value is -3.35. The van der Waals surface area contributed by atoms with Crippen LogP contribution in [0.5, 0.6) is 0 Å². The van der Waals surface area contributed by atoms with Crippen molar-refractivity contribution in [2.24, 2.45) is 7.05 Å². The summed E-state index contributed by atoms with van der Waals surface area (Å²) in [6, 6.07) is 7.35. The summed E-state index contributed by atoms with van der Waals surface area (Å²) in [5.41, 5.74) is 11.3. The van der Waals surface area contributed by atoms with Crippen molar-refractivity contribution in [2.75, 3.05) is 11.1 Å². The Morgan fingerprint density at radius 1 is 1.16 bits per heavy atom. The second-order valence-corrected chi connectivity index (χ2v) is 6.14. The number of pyridine rings is 1. The maximum absolute atomic E-state index is 12.6. The summed E-state index contributed by atoms with van der Waals surface area (Å²) < 4.78 is 1.74. The molecule has 0 spiro atoms. The summed E-state index contributed by atoms with van der Waals surface area (Å²) in [6.45, 7) is 1.13. The number of nitrogens with two attached hydrogens (primary N) is 1. The number of hydrogen-bond donors (Lipinski definition) is 2. The van der Waals surface area contributed by atoms with E-state index in [0.29, 0.717) is 24.5 Å². The van der Waals surface area contributed by atoms with Gasteiger partial charge in [-0.15, -0.1) is 0 Å². The van der Waals surface area contributed by atoms with Gasteiger partial charge in [0.05, 0.1) is 17.6 Å². The number of fused-ring (bicyclic) bond motifs is 1. The molecule has 4 rings (SSSR count). The van der Waals surface area contributed by atoms with Crippen LogP contribution in [0.15, 0.2) is 49.1 Å². The van der Waals surface area contributed by atoms with Gasteiger partial charge in [0.25, 0.3) is 0 Å². The van der Waals surface area contributed by atoms with Crippen LogP contribution in [0.25, 0.3) is 11.1 Å². The van der Waals surface area contributed by atoms with Gasteiger partial charge in [-0.3, -0.25) is 9.67 Å². The Kier molecular flexibility index (Phi) is 3.61. The summed E-state index contributed by atoms with van der Waals surface area (Å²) >= 11 is 0. The van der Waals surface area contributed by atoms with Crippen molar-refractivity contribution in [3.63, 3.8) is 0 Å². The summed E-state index contributed by atoms with van der Waals surface area (Å²) in [6.07, 6.45) is 7.25. The first kappa shape index (κ1) is 15.2. The highest BCUT2D eigenvalue weighted by molar-refractivity contribution is 5.94. The van der Waals surface area contributed by atoms with Gasteiger partial charge in [-0.1, -0.05) is 6.07 Å². The number of carbonyl (C=O) groups is 1. The molecule has 0 saturated heterocycles. The van der Waals surface area contributed by atoms with Gasteiger partial charge in [-0.05, 0) is 34.9 Å². The van der Waals surface area contributed by atoms with E-state index in [1.165, 1.54) is 0 Å². The third kappa shape index (κ3) is 2.91. The van der Waals surface area contributed by atoms with Crippen LogP contribution < -0.4 is 11.1 Å². The largest absolute Gasteiger partial charge is 0.397 e. The van der Waals surface area contributed by atoms with E-state index < -0.39 is 0 Å². The number of rotatable bonds is 2. The van der Waals surface area contributed by atoms with Gasteiger partial charge >= 0.3 is 6.03 Å². The maximum atomic E-state index is 12.6. The van der Waals surface area contributed by atoms with Crippen molar-refractivity contribution < 1.29 is 4.79 Å². The number of nitrogens with one attached hydrogen (secondary N) is 1. The minimum Gasteiger partial charge on any atom is -0.397 e. The Morgan fingerprint density at radius 2 is 2.00 bits per heavy atom. The Labute approximate surface area is 145 Å². The fourth-order valence-corrected chi connectivity index (χ4v) is 2.97. The molecule has 0 atom stereocenters. The molecule has 7 heteroatoms. The molecule has 2 amide bonds. The number of benzene rings is 1. The minimum absolute atomic E-state index is 0.175. The molecule has 2 aromatic heterocycles. The topological polar surface area (TPSA) is 89.1 Å². The Bertz CT molecular complexity index is 923. The molecule has 0 radical (unpaired) electrons. The molecule has 0 aliphatic carbocycles. The average molecular weight is 334 g/mol. The molecule has 7 nitrogen and oxygen atoms in total. The molecule has 0 fully saturated rings. The zero-order chi connectivity index (χ0) is 17.4. The number of hydrogen-bond acceptors (Lipinski definition) is 4. The predicted octanol–water partition coefficient (Wildman–Crippen LogP) is 2.61. The van der Waals surface area contributed by atoms with Gasteiger partial charge in [0.15, 0.2) is 0 Å². The van der Waals surface area contributed by atoms with Crippen LogP contribution in [0, 0.1) is 0 Å². The molecule has 1 aliphatic rings. The second-order valence-electron chi connectivity index (χ2n) is 6.14. The van der Waals surface area contributed by atoms with Crippen molar-refractivity contribution in [1.29, 1.82) is 0 Å². The lowest BCUT2D eigenvalue weighted by atomic mass is 10.1. The molecule has 3 aromatic rings. The first-order valence-electron chi connectivity index (χ1n) is 7.96. The standard InChI is InChI=1S/C18H18N6O/c1-23-9-15(8-21-23)12-2-3-16(19)17(6-12)22-18(25)24-10-13-4-5-20-7-14(13)11-24/h2-9H,10-11,19H2,1H3,(H,22,25). The van der Waals surface area contributed by atoms with Crippen LogP contribution in [0.4, 0.5) is 16.2 Å². The van der Waals surface area contributed by atoms with E-state index in [9.17, 15) is 4.79 Å². The molecular weight excluding hydrogens is 316 g/mol. The van der Waals surface area contributed by atoms with Crippen molar-refractivity contribution in [3.8, 4) is 11.1 Å². The van der Waals surface area contributed by atoms with E-state index in [4.69, 9.17) is 5.73 Å². The number of carbonyl (C=O) groups excluding carboxylic acids is 1. The van der Waals surface area contributed by atoms with E-state index >= 15 is 0 Å². The van der Waals surface area contributed by atoms with Crippen molar-refractivity contribution in [3.05, 3.63) is 60.2 Å². The van der Waals surface area contributed by atoms with E-state index in [-0.39, 0.29) is 6.03 Å². The lowest BCUT2D eigenvalue weighted by Crippen LogP contribution is -2.30. The molecule has 25 heavy (non-hydrogen) atoms. The zero-order valence-electron chi connectivity index (χ0n) is 13.8. The van der Waals surface area contributed by atoms with Crippen LogP contribution in [-0.4, -0.2) is 25.7 Å². The van der Waals surface area contributed by atoms with Crippen LogP contribution in [0.3, 0.4) is 0 Å². The van der Waals surface area contributed by atoms with E-state index in [0.717, 1.165) is 22.3 Å². The first-order valence-corrected chi connectivity index (χ1v) is 7.96. The van der Waals surface area contributed by atoms with Crippen molar-refractivity contribution in [2.45, 2.75) is 13.1 Å². The number of anilines is 2. The molecule has 1 aliphatic heterocycles. The van der Waals surface area contributed by atoms with Crippen molar-refractivity contribution >= 4 is 17.4 Å². The highest BCUT2D eigenvalue weighted by atomic mass is 16.2. The van der Waals surface area contributed by atoms with E-state index in [1.54, 1.807) is 34.2 Å². The van der Waals surface area contributed by atoms with E-state index in [1.807, 2.05) is 31.4 Å². The lowest BCUT2D eigenvalue weighted by molar-refractivity contribution is 0.212. The third-order valence-corrected chi connectivity index (χ3v) is 4.35. The molecule has 0 bridgehead atoms. The average Bonchev–Trinajstić information content (AvgIpc) is 3.23. The minimum atomic E-state index is -0.175. The highest BCUT2D eigenvalue weighted by Gasteiger charge is 2.23. The summed E-state index contributed by atoms with van der Waals surface area (Å²) in [4.78, 5) is 18.5. The summed E-state index contributed by atoms with van der Waals surface area (Å²) in [5.74, 6) is 0. The molecular formula is C18H18N6O. The normalized spacial score (nSPS) is 12.9. The predicted molar refractivity (Wildman–Crippen MR) is 95.6 cm³/mol. The number of nitrogen functional groups attached to an aromatic ring is 1. The number of aromatic nitrogens is 3. The fourth-order valence-electron chi connectivity index (χ4n) is 2.97. The molecule has 0 saturated carbocycles. The second kappa shape index (κ2) is 5.94. The quantitative estimate of drug-likeness (QED) is 0.705. The summed E-state index contributed by atoms with van der Waals surface area (Å²) in [7, 11) is 1.86. The smallest absolute Gasteiger partial charge is 0.322 e. The molecule has 1 aromatic carbocycles. The number of nitrogens with zero attached hydrogens (tertiary/aromatic N) is 4. The number of urea groups is 1. The molecule has 0 unspecified atom stereocenters. The summed E-state index contributed by atoms with van der Waals surface area (Å²) in [5, 5.41) is 7.09. The Morgan fingerprint density at radius 3 is 2.76 bits per heavy atom. The van der Waals surface area contributed by atoms with Gasteiger partial charge in [0.2, 0.25) is 0 Å². The first-order chi connectivity index (χ1) is 12.1. The molecule has 3 N–H and O–H groups in total. The maximum Gasteiger partial charge on any atom is 0.322 e. The number of aryl methyl sites for hydroxylation is 1. The van der Waals surface area contributed by atoms with Gasteiger partial charge in [0, 0.05) is 44.3 Å². The van der Waals surface area contributed by atoms with Crippen LogP contribution in [0.1, 0.15) is 11.1 Å². The molecule has 126 valence electrons. The zero-order valence-corrected chi connectivity index (χ0v) is 13.8. The third-order valence-electron chi connectivity index (χ3n) is 4.35. The van der Waals surface area contributed by atoms with Gasteiger partial charge < -0.3 is 16.0 Å². The van der Waals surface area contributed by atoms with Crippen LogP contribution in [0.2, 0.25) is 0 Å². The van der Waals surface area contributed by atoms with Gasteiger partial charge in [0.1, 0.15) is 0 Å². The fraction of sp³-hybridized carbons (Fsp3) is 0.167. The van der Waals surface area contributed by atoms with Crippen molar-refractivity contribution in [1.82, 2.24) is 19.7 Å².